The van der Waals surface area contributed by atoms with Crippen LogP contribution in [0.3, 0.4) is 0 Å². The molecule has 0 spiro atoms. The number of ether oxygens (including phenoxy) is 1. The van der Waals surface area contributed by atoms with Crippen molar-refractivity contribution >= 4 is 11.6 Å². The van der Waals surface area contributed by atoms with Gasteiger partial charge in [-0.25, -0.2) is 0 Å². The smallest absolute Gasteiger partial charge is 0.269 e. The van der Waals surface area contributed by atoms with Crippen LogP contribution in [0.25, 0.3) is 0 Å². The predicted octanol–water partition coefficient (Wildman–Crippen LogP) is 1.67. The first-order valence-electron chi connectivity index (χ1n) is 6.27. The van der Waals surface area contributed by atoms with E-state index in [-0.39, 0.29) is 12.0 Å². The topological polar surface area (TPSA) is 63.2 Å². The molecule has 18 heavy (non-hydrogen) atoms. The highest BCUT2D eigenvalue weighted by Crippen LogP contribution is 2.08. The van der Waals surface area contributed by atoms with Crippen molar-refractivity contribution in [2.75, 3.05) is 25.0 Å². The van der Waals surface area contributed by atoms with Gasteiger partial charge in [-0.05, 0) is 32.9 Å². The Balaban J connectivity index is 2.56. The Labute approximate surface area is 108 Å². The van der Waals surface area contributed by atoms with Crippen molar-refractivity contribution < 1.29 is 9.53 Å². The molecule has 2 N–H and O–H groups in total. The van der Waals surface area contributed by atoms with Gasteiger partial charge in [-0.15, -0.1) is 0 Å². The van der Waals surface area contributed by atoms with Crippen molar-refractivity contribution in [3.05, 3.63) is 24.0 Å². The molecule has 0 bridgehead atoms. The summed E-state index contributed by atoms with van der Waals surface area (Å²) in [5.74, 6) is -0.154. The predicted molar refractivity (Wildman–Crippen MR) is 71.8 cm³/mol. The first-order valence-corrected chi connectivity index (χ1v) is 6.27. The van der Waals surface area contributed by atoms with Crippen LogP contribution < -0.4 is 10.6 Å². The van der Waals surface area contributed by atoms with Crippen molar-refractivity contribution in [3.8, 4) is 0 Å². The second kappa shape index (κ2) is 7.66. The van der Waals surface area contributed by atoms with E-state index in [0.717, 1.165) is 5.69 Å². The number of hydrogen-bond acceptors (Lipinski definition) is 4. The quantitative estimate of drug-likeness (QED) is 0.773. The average Bonchev–Trinajstić information content (AvgIpc) is 2.37. The molecule has 0 aliphatic heterocycles. The fraction of sp³-hybridized carbons (Fsp3) is 0.538. The first kappa shape index (κ1) is 14.4. The zero-order valence-electron chi connectivity index (χ0n) is 11.2. The largest absolute Gasteiger partial charge is 0.382 e. The molecule has 100 valence electrons. The van der Waals surface area contributed by atoms with Crippen LogP contribution in [0.5, 0.6) is 0 Å². The number of carbonyl (C=O) groups is 1. The molecule has 5 nitrogen and oxygen atoms in total. The van der Waals surface area contributed by atoms with Gasteiger partial charge in [-0.3, -0.25) is 9.78 Å². The Bertz CT molecular complexity index is 382. The van der Waals surface area contributed by atoms with Gasteiger partial charge >= 0.3 is 0 Å². The van der Waals surface area contributed by atoms with Crippen molar-refractivity contribution in [2.45, 2.75) is 26.9 Å². The van der Waals surface area contributed by atoms with Crippen molar-refractivity contribution in [2.24, 2.45) is 0 Å². The molecule has 0 fully saturated rings. The first-order chi connectivity index (χ1) is 8.67. The van der Waals surface area contributed by atoms with E-state index in [9.17, 15) is 4.79 Å². The molecule has 1 aromatic rings. The number of rotatable bonds is 7. The summed E-state index contributed by atoms with van der Waals surface area (Å²) in [4.78, 5) is 15.6. The maximum absolute atomic E-state index is 11.6. The number of anilines is 1. The van der Waals surface area contributed by atoms with Crippen LogP contribution in [0.4, 0.5) is 5.69 Å². The van der Waals surface area contributed by atoms with Crippen molar-refractivity contribution in [3.63, 3.8) is 0 Å². The fourth-order valence-electron chi connectivity index (χ4n) is 1.52. The second-order valence-corrected chi connectivity index (χ2v) is 3.94. The molecular weight excluding hydrogens is 230 g/mol. The lowest BCUT2D eigenvalue weighted by Gasteiger charge is -2.13. The summed E-state index contributed by atoms with van der Waals surface area (Å²) in [6.07, 6.45) is 1.76. The summed E-state index contributed by atoms with van der Waals surface area (Å²) >= 11 is 0. The monoisotopic (exact) mass is 251 g/mol. The van der Waals surface area contributed by atoms with E-state index in [1.54, 1.807) is 12.3 Å². The lowest BCUT2D eigenvalue weighted by Crippen LogP contribution is -2.24. The van der Waals surface area contributed by atoms with E-state index in [4.69, 9.17) is 4.74 Å². The van der Waals surface area contributed by atoms with E-state index >= 15 is 0 Å². The Morgan fingerprint density at radius 2 is 2.28 bits per heavy atom. The second-order valence-electron chi connectivity index (χ2n) is 3.94. The highest BCUT2D eigenvalue weighted by Gasteiger charge is 2.07. The molecule has 1 aromatic heterocycles. The Morgan fingerprint density at radius 1 is 1.50 bits per heavy atom. The number of nitrogens with one attached hydrogen (secondary N) is 2. The summed E-state index contributed by atoms with van der Waals surface area (Å²) in [5.41, 5.74) is 1.30. The number of pyridine rings is 1. The highest BCUT2D eigenvalue weighted by molar-refractivity contribution is 5.93. The molecule has 0 aliphatic rings. The Hall–Kier alpha value is -1.62. The van der Waals surface area contributed by atoms with Gasteiger partial charge in [0.1, 0.15) is 5.69 Å². The van der Waals surface area contributed by atoms with Gasteiger partial charge in [0.05, 0.1) is 6.10 Å². The molecule has 0 saturated carbocycles. The molecule has 1 rings (SSSR count). The lowest BCUT2D eigenvalue weighted by atomic mass is 10.3. The molecule has 1 atom stereocenters. The number of aromatic nitrogens is 1. The van der Waals surface area contributed by atoms with Gasteiger partial charge in [0.25, 0.3) is 5.91 Å². The zero-order chi connectivity index (χ0) is 13.4. The molecule has 1 heterocycles. The number of amides is 1. The van der Waals surface area contributed by atoms with Crippen LogP contribution in [-0.4, -0.2) is 36.7 Å². The molecule has 1 amide bonds. The normalized spacial score (nSPS) is 11.9. The minimum absolute atomic E-state index is 0.135. The summed E-state index contributed by atoms with van der Waals surface area (Å²) < 4.78 is 5.42. The summed E-state index contributed by atoms with van der Waals surface area (Å²) in [7, 11) is 0. The summed E-state index contributed by atoms with van der Waals surface area (Å²) in [6, 6.07) is 3.57. The van der Waals surface area contributed by atoms with Crippen LogP contribution in [0.15, 0.2) is 18.3 Å². The van der Waals surface area contributed by atoms with Gasteiger partial charge in [-0.1, -0.05) is 0 Å². The fourth-order valence-corrected chi connectivity index (χ4v) is 1.52. The van der Waals surface area contributed by atoms with Gasteiger partial charge in [-0.2, -0.15) is 0 Å². The SMILES string of the molecule is CCNC(=O)c1cc(NCC(C)OCC)ccn1. The highest BCUT2D eigenvalue weighted by atomic mass is 16.5. The Morgan fingerprint density at radius 3 is 2.94 bits per heavy atom. The minimum atomic E-state index is -0.154. The average molecular weight is 251 g/mol. The molecular formula is C13H21N3O2. The minimum Gasteiger partial charge on any atom is -0.382 e. The van der Waals surface area contributed by atoms with Gasteiger partial charge in [0.15, 0.2) is 0 Å². The standard InChI is InChI=1S/C13H21N3O2/c1-4-14-13(17)12-8-11(6-7-15-12)16-9-10(3)18-5-2/h6-8,10H,4-5,9H2,1-3H3,(H,14,17)(H,15,16). The lowest BCUT2D eigenvalue weighted by molar-refractivity contribution is 0.0855. The van der Waals surface area contributed by atoms with Gasteiger partial charge < -0.3 is 15.4 Å². The number of hydrogen-bond donors (Lipinski definition) is 2. The van der Waals surface area contributed by atoms with Crippen molar-refractivity contribution in [1.82, 2.24) is 10.3 Å². The summed E-state index contributed by atoms with van der Waals surface area (Å²) in [6.45, 7) is 7.85. The van der Waals surface area contributed by atoms with Crippen LogP contribution in [-0.2, 0) is 4.74 Å². The molecule has 1 unspecified atom stereocenters. The molecule has 0 saturated heterocycles. The molecule has 0 aromatic carbocycles. The molecule has 5 heteroatoms. The van der Waals surface area contributed by atoms with Gasteiger partial charge in [0.2, 0.25) is 0 Å². The maximum Gasteiger partial charge on any atom is 0.269 e. The summed E-state index contributed by atoms with van der Waals surface area (Å²) in [5, 5.41) is 5.94. The van der Waals surface area contributed by atoms with E-state index in [2.05, 4.69) is 15.6 Å². The maximum atomic E-state index is 11.6. The molecule has 0 radical (unpaired) electrons. The van der Waals surface area contributed by atoms with Crippen LogP contribution in [0.2, 0.25) is 0 Å². The van der Waals surface area contributed by atoms with Gasteiger partial charge in [0, 0.05) is 31.6 Å². The van der Waals surface area contributed by atoms with E-state index < -0.39 is 0 Å². The van der Waals surface area contributed by atoms with E-state index in [1.165, 1.54) is 0 Å². The van der Waals surface area contributed by atoms with E-state index in [1.807, 2.05) is 26.8 Å². The molecule has 0 aliphatic carbocycles. The third-order valence-electron chi connectivity index (χ3n) is 2.37. The third-order valence-corrected chi connectivity index (χ3v) is 2.37. The Kier molecular flexibility index (Phi) is 6.14. The number of carbonyl (C=O) groups excluding carboxylic acids is 1. The van der Waals surface area contributed by atoms with Crippen LogP contribution >= 0.6 is 0 Å². The van der Waals surface area contributed by atoms with Crippen LogP contribution in [0.1, 0.15) is 31.3 Å². The third kappa shape index (κ3) is 4.71. The van der Waals surface area contributed by atoms with Crippen molar-refractivity contribution in [1.29, 1.82) is 0 Å². The number of nitrogens with zero attached hydrogens (tertiary/aromatic N) is 1. The zero-order valence-corrected chi connectivity index (χ0v) is 11.2. The van der Waals surface area contributed by atoms with E-state index in [0.29, 0.717) is 25.4 Å². The van der Waals surface area contributed by atoms with Crippen LogP contribution in [0, 0.1) is 0 Å².